The molecular weight excluding hydrogens is 234 g/mol. The van der Waals surface area contributed by atoms with E-state index in [0.717, 1.165) is 11.3 Å². The molecule has 0 unspecified atom stereocenters. The summed E-state index contributed by atoms with van der Waals surface area (Å²) in [5.41, 5.74) is 3.65. The first-order valence-corrected chi connectivity index (χ1v) is 5.49. The lowest BCUT2D eigenvalue weighted by atomic mass is 10.2. The third kappa shape index (κ3) is 4.65. The number of hydrogen-bond acceptors (Lipinski definition) is 3. The molecule has 0 aliphatic heterocycles. The van der Waals surface area contributed by atoms with E-state index in [4.69, 9.17) is 17.0 Å². The maximum absolute atomic E-state index is 5.22. The first kappa shape index (κ1) is 13.2. The minimum Gasteiger partial charge on any atom is -0.496 e. The second kappa shape index (κ2) is 7.40. The van der Waals surface area contributed by atoms with E-state index < -0.39 is 0 Å². The Bertz CT molecular complexity index is 430. The Morgan fingerprint density at radius 3 is 2.88 bits per heavy atom. The molecule has 0 heterocycles. The minimum absolute atomic E-state index is 0.479. The third-order valence-electron chi connectivity index (χ3n) is 1.97. The van der Waals surface area contributed by atoms with Crippen molar-refractivity contribution in [1.29, 1.82) is 0 Å². The van der Waals surface area contributed by atoms with Crippen molar-refractivity contribution in [3.63, 3.8) is 0 Å². The van der Waals surface area contributed by atoms with Gasteiger partial charge in [-0.15, -0.1) is 0 Å². The Balaban J connectivity index is 2.56. The fraction of sp³-hybridized carbons (Fsp3) is 0.167. The maximum Gasteiger partial charge on any atom is 0.186 e. The molecule has 2 N–H and O–H groups in total. The summed E-state index contributed by atoms with van der Waals surface area (Å²) in [7, 11) is 3.38. The normalized spacial score (nSPS) is 10.7. The molecule has 0 spiro atoms. The molecule has 1 aromatic carbocycles. The number of nitrogens with zero attached hydrogens (tertiary/aromatic N) is 1. The number of methoxy groups -OCH3 is 1. The molecule has 0 bridgehead atoms. The van der Waals surface area contributed by atoms with Gasteiger partial charge in [-0.25, -0.2) is 0 Å². The SMILES string of the molecule is CNC(=S)N/N=C/C=C/c1ccccc1OC. The number of hydrogen-bond donors (Lipinski definition) is 2. The number of nitrogens with one attached hydrogen (secondary N) is 2. The number of rotatable bonds is 4. The van der Waals surface area contributed by atoms with Crippen LogP contribution in [-0.2, 0) is 0 Å². The maximum atomic E-state index is 5.22. The molecule has 0 aromatic heterocycles. The third-order valence-corrected chi connectivity index (χ3v) is 2.26. The van der Waals surface area contributed by atoms with Crippen LogP contribution in [0.4, 0.5) is 0 Å². The fourth-order valence-electron chi connectivity index (χ4n) is 1.15. The van der Waals surface area contributed by atoms with Crippen molar-refractivity contribution in [2.75, 3.05) is 14.2 Å². The summed E-state index contributed by atoms with van der Waals surface area (Å²) in [4.78, 5) is 0. The van der Waals surface area contributed by atoms with E-state index in [-0.39, 0.29) is 0 Å². The highest BCUT2D eigenvalue weighted by Crippen LogP contribution is 2.18. The number of thiocarbonyl (C=S) groups is 1. The van der Waals surface area contributed by atoms with Crippen LogP contribution in [0.2, 0.25) is 0 Å². The van der Waals surface area contributed by atoms with Gasteiger partial charge in [0.1, 0.15) is 5.75 Å². The van der Waals surface area contributed by atoms with Gasteiger partial charge < -0.3 is 10.1 Å². The van der Waals surface area contributed by atoms with Gasteiger partial charge in [0.05, 0.1) is 7.11 Å². The molecule has 0 fully saturated rings. The van der Waals surface area contributed by atoms with E-state index in [0.29, 0.717) is 5.11 Å². The second-order valence-electron chi connectivity index (χ2n) is 3.07. The summed E-state index contributed by atoms with van der Waals surface area (Å²) in [5.74, 6) is 0.829. The van der Waals surface area contributed by atoms with Gasteiger partial charge in [-0.1, -0.05) is 18.2 Å². The summed E-state index contributed by atoms with van der Waals surface area (Å²) in [5, 5.41) is 7.14. The first-order chi connectivity index (χ1) is 8.27. The highest BCUT2D eigenvalue weighted by atomic mass is 32.1. The highest BCUT2D eigenvalue weighted by Gasteiger charge is 1.94. The smallest absolute Gasteiger partial charge is 0.186 e. The van der Waals surface area contributed by atoms with Crippen LogP contribution in [0.15, 0.2) is 35.4 Å². The lowest BCUT2D eigenvalue weighted by Gasteiger charge is -2.02. The minimum atomic E-state index is 0.479. The average molecular weight is 249 g/mol. The van der Waals surface area contributed by atoms with E-state index in [1.54, 1.807) is 20.4 Å². The van der Waals surface area contributed by atoms with Crippen molar-refractivity contribution in [3.05, 3.63) is 35.9 Å². The molecule has 4 nitrogen and oxygen atoms in total. The molecule has 0 saturated carbocycles. The van der Waals surface area contributed by atoms with Crippen LogP contribution >= 0.6 is 12.2 Å². The first-order valence-electron chi connectivity index (χ1n) is 5.08. The zero-order valence-electron chi connectivity index (χ0n) is 9.81. The molecule has 1 aromatic rings. The Morgan fingerprint density at radius 2 is 2.18 bits per heavy atom. The van der Waals surface area contributed by atoms with Crippen molar-refractivity contribution in [2.45, 2.75) is 0 Å². The van der Waals surface area contributed by atoms with E-state index in [9.17, 15) is 0 Å². The number of para-hydroxylation sites is 1. The molecule has 0 atom stereocenters. The topological polar surface area (TPSA) is 45.7 Å². The molecule has 17 heavy (non-hydrogen) atoms. The quantitative estimate of drug-likeness (QED) is 0.485. The van der Waals surface area contributed by atoms with Gasteiger partial charge in [-0.05, 0) is 30.4 Å². The monoisotopic (exact) mass is 249 g/mol. The van der Waals surface area contributed by atoms with Gasteiger partial charge in [0.15, 0.2) is 5.11 Å². The Kier molecular flexibility index (Phi) is 5.74. The second-order valence-corrected chi connectivity index (χ2v) is 3.48. The number of hydrazone groups is 1. The molecule has 0 saturated heterocycles. The van der Waals surface area contributed by atoms with Gasteiger partial charge in [0.25, 0.3) is 0 Å². The lowest BCUT2D eigenvalue weighted by molar-refractivity contribution is 0.414. The van der Waals surface area contributed by atoms with Crippen molar-refractivity contribution in [3.8, 4) is 5.75 Å². The predicted octanol–water partition coefficient (Wildman–Crippen LogP) is 1.79. The molecule has 0 amide bonds. The van der Waals surface area contributed by atoms with Crippen LogP contribution in [-0.4, -0.2) is 25.5 Å². The van der Waals surface area contributed by atoms with Gasteiger partial charge in [-0.3, -0.25) is 5.43 Å². The Labute approximate surface area is 106 Å². The molecular formula is C12H15N3OS. The molecule has 1 rings (SSSR count). The van der Waals surface area contributed by atoms with Crippen LogP contribution in [0.1, 0.15) is 5.56 Å². The number of allylic oxidation sites excluding steroid dienone is 1. The molecule has 0 radical (unpaired) electrons. The van der Waals surface area contributed by atoms with Crippen LogP contribution in [0, 0.1) is 0 Å². The standard InChI is InChI=1S/C12H15N3OS/c1-13-12(17)15-14-9-5-7-10-6-3-4-8-11(10)16-2/h3-9H,1-2H3,(H2,13,15,17)/b7-5+,14-9+. The zero-order chi connectivity index (χ0) is 12.5. The average Bonchev–Trinajstić information content (AvgIpc) is 2.38. The Morgan fingerprint density at radius 1 is 1.41 bits per heavy atom. The fourth-order valence-corrected chi connectivity index (χ4v) is 1.20. The van der Waals surface area contributed by atoms with Crippen molar-refractivity contribution < 1.29 is 4.74 Å². The van der Waals surface area contributed by atoms with E-state index in [1.807, 2.05) is 36.4 Å². The van der Waals surface area contributed by atoms with Crippen molar-refractivity contribution in [1.82, 2.24) is 10.7 Å². The highest BCUT2D eigenvalue weighted by molar-refractivity contribution is 7.80. The van der Waals surface area contributed by atoms with E-state index in [1.165, 1.54) is 0 Å². The van der Waals surface area contributed by atoms with Crippen LogP contribution in [0.5, 0.6) is 5.75 Å². The van der Waals surface area contributed by atoms with Gasteiger partial charge in [0.2, 0.25) is 0 Å². The Hall–Kier alpha value is -1.88. The number of benzene rings is 1. The van der Waals surface area contributed by atoms with E-state index >= 15 is 0 Å². The molecule has 0 aliphatic rings. The summed E-state index contributed by atoms with van der Waals surface area (Å²) in [6.07, 6.45) is 5.34. The largest absolute Gasteiger partial charge is 0.496 e. The van der Waals surface area contributed by atoms with Gasteiger partial charge in [0, 0.05) is 18.8 Å². The summed E-state index contributed by atoms with van der Waals surface area (Å²) in [6.45, 7) is 0. The van der Waals surface area contributed by atoms with E-state index in [2.05, 4.69) is 15.8 Å². The molecule has 5 heteroatoms. The van der Waals surface area contributed by atoms with Crippen molar-refractivity contribution in [2.24, 2.45) is 5.10 Å². The molecule has 90 valence electrons. The summed E-state index contributed by atoms with van der Waals surface area (Å²) >= 11 is 4.86. The molecule has 0 aliphatic carbocycles. The van der Waals surface area contributed by atoms with Gasteiger partial charge >= 0.3 is 0 Å². The predicted molar refractivity (Wildman–Crippen MR) is 75.3 cm³/mol. The van der Waals surface area contributed by atoms with Crippen LogP contribution < -0.4 is 15.5 Å². The summed E-state index contributed by atoms with van der Waals surface area (Å²) in [6, 6.07) is 7.75. The van der Waals surface area contributed by atoms with Crippen molar-refractivity contribution >= 4 is 29.6 Å². The zero-order valence-corrected chi connectivity index (χ0v) is 10.6. The van der Waals surface area contributed by atoms with Crippen LogP contribution in [0.3, 0.4) is 0 Å². The summed E-state index contributed by atoms with van der Waals surface area (Å²) < 4.78 is 5.22. The van der Waals surface area contributed by atoms with Crippen LogP contribution in [0.25, 0.3) is 6.08 Å². The number of ether oxygens (including phenoxy) is 1. The lowest BCUT2D eigenvalue weighted by Crippen LogP contribution is -2.28. The van der Waals surface area contributed by atoms with Gasteiger partial charge in [-0.2, -0.15) is 5.10 Å².